The highest BCUT2D eigenvalue weighted by molar-refractivity contribution is 6.33. The number of aliphatic hydroxyl groups excluding tert-OH is 1. The minimum atomic E-state index is -0.642. The van der Waals surface area contributed by atoms with Crippen molar-refractivity contribution in [3.63, 3.8) is 0 Å². The Morgan fingerprint density at radius 2 is 1.76 bits per heavy atom. The SMILES string of the molecule is CCOC(=O)Cc1ccc(N2C(=O)c3c(OCc4ccccc4)ccc(Cl)c3C2CO)cc1. The molecule has 1 aliphatic rings. The van der Waals surface area contributed by atoms with Gasteiger partial charge in [-0.15, -0.1) is 0 Å². The third kappa shape index (κ3) is 4.72. The van der Waals surface area contributed by atoms with Crippen molar-refractivity contribution < 1.29 is 24.2 Å². The number of carbonyl (C=O) groups excluding carboxylic acids is 2. The molecule has 0 fully saturated rings. The maximum Gasteiger partial charge on any atom is 0.310 e. The lowest BCUT2D eigenvalue weighted by atomic mass is 10.0. The van der Waals surface area contributed by atoms with Crippen LogP contribution in [0.2, 0.25) is 5.02 Å². The zero-order chi connectivity index (χ0) is 23.4. The standard InChI is InChI=1S/C26H24ClNO5/c1-2-32-23(30)14-17-8-10-19(11-9-17)28-21(15-29)24-20(27)12-13-22(25(24)26(28)31)33-16-18-6-4-3-5-7-18/h3-13,21,29H,2,14-16H2,1H3. The summed E-state index contributed by atoms with van der Waals surface area (Å²) in [6.45, 7) is 2.08. The molecule has 0 aliphatic carbocycles. The van der Waals surface area contributed by atoms with Crippen LogP contribution in [0.25, 0.3) is 0 Å². The van der Waals surface area contributed by atoms with Crippen molar-refractivity contribution in [2.45, 2.75) is 26.0 Å². The van der Waals surface area contributed by atoms with Gasteiger partial charge >= 0.3 is 5.97 Å². The summed E-state index contributed by atoms with van der Waals surface area (Å²) in [5.74, 6) is -0.189. The van der Waals surface area contributed by atoms with Crippen molar-refractivity contribution in [3.05, 3.63) is 94.0 Å². The van der Waals surface area contributed by atoms with E-state index in [1.54, 1.807) is 43.3 Å². The molecule has 1 atom stereocenters. The number of halogens is 1. The average molecular weight is 466 g/mol. The second-order valence-corrected chi connectivity index (χ2v) is 8.04. The van der Waals surface area contributed by atoms with Gasteiger partial charge in [-0.2, -0.15) is 0 Å². The third-order valence-electron chi connectivity index (χ3n) is 5.51. The van der Waals surface area contributed by atoms with Crippen molar-refractivity contribution in [1.29, 1.82) is 0 Å². The Kier molecular flexibility index (Phi) is 6.96. The van der Waals surface area contributed by atoms with Gasteiger partial charge in [-0.1, -0.05) is 54.1 Å². The van der Waals surface area contributed by atoms with Crippen LogP contribution in [0.5, 0.6) is 5.75 Å². The molecule has 1 amide bonds. The molecule has 170 valence electrons. The topological polar surface area (TPSA) is 76.1 Å². The highest BCUT2D eigenvalue weighted by Crippen LogP contribution is 2.44. The van der Waals surface area contributed by atoms with Crippen LogP contribution in [0, 0.1) is 0 Å². The molecule has 1 N–H and O–H groups in total. The molecule has 0 spiro atoms. The Labute approximate surface area is 197 Å². The molecule has 4 rings (SSSR count). The summed E-state index contributed by atoms with van der Waals surface area (Å²) in [5, 5.41) is 10.6. The largest absolute Gasteiger partial charge is 0.488 e. The number of hydrogen-bond acceptors (Lipinski definition) is 5. The molecule has 3 aromatic carbocycles. The van der Waals surface area contributed by atoms with E-state index in [9.17, 15) is 14.7 Å². The number of esters is 1. The third-order valence-corrected chi connectivity index (χ3v) is 5.84. The highest BCUT2D eigenvalue weighted by atomic mass is 35.5. The van der Waals surface area contributed by atoms with E-state index in [0.29, 0.717) is 40.8 Å². The summed E-state index contributed by atoms with van der Waals surface area (Å²) < 4.78 is 11.0. The number of nitrogens with zero attached hydrogens (tertiary/aromatic N) is 1. The zero-order valence-electron chi connectivity index (χ0n) is 18.2. The number of benzene rings is 3. The monoisotopic (exact) mass is 465 g/mol. The summed E-state index contributed by atoms with van der Waals surface area (Å²) in [7, 11) is 0. The zero-order valence-corrected chi connectivity index (χ0v) is 18.9. The molecule has 0 saturated carbocycles. The van der Waals surface area contributed by atoms with Crippen LogP contribution in [0.1, 0.15) is 40.0 Å². The fourth-order valence-electron chi connectivity index (χ4n) is 3.99. The van der Waals surface area contributed by atoms with Gasteiger partial charge in [0.1, 0.15) is 12.4 Å². The fourth-order valence-corrected chi connectivity index (χ4v) is 4.27. The first-order valence-corrected chi connectivity index (χ1v) is 11.1. The van der Waals surface area contributed by atoms with E-state index in [4.69, 9.17) is 21.1 Å². The number of fused-ring (bicyclic) bond motifs is 1. The van der Waals surface area contributed by atoms with E-state index in [1.807, 2.05) is 30.3 Å². The van der Waals surface area contributed by atoms with Gasteiger partial charge in [-0.05, 0) is 42.3 Å². The van der Waals surface area contributed by atoms with E-state index in [-0.39, 0.29) is 24.9 Å². The molecule has 1 aliphatic heterocycles. The van der Waals surface area contributed by atoms with Gasteiger partial charge in [0, 0.05) is 16.3 Å². The molecule has 1 heterocycles. The minimum absolute atomic E-state index is 0.148. The molecule has 0 bridgehead atoms. The van der Waals surface area contributed by atoms with Crippen LogP contribution in [0.3, 0.4) is 0 Å². The summed E-state index contributed by atoms with van der Waals surface area (Å²) >= 11 is 6.47. The van der Waals surface area contributed by atoms with Crippen molar-refractivity contribution in [2.24, 2.45) is 0 Å². The molecule has 33 heavy (non-hydrogen) atoms. The van der Waals surface area contributed by atoms with Crippen molar-refractivity contribution in [1.82, 2.24) is 0 Å². The van der Waals surface area contributed by atoms with Gasteiger partial charge in [0.25, 0.3) is 5.91 Å². The number of aliphatic hydroxyl groups is 1. The van der Waals surface area contributed by atoms with Gasteiger partial charge in [0.15, 0.2) is 0 Å². The molecule has 7 heteroatoms. The van der Waals surface area contributed by atoms with E-state index < -0.39 is 6.04 Å². The van der Waals surface area contributed by atoms with E-state index >= 15 is 0 Å². The minimum Gasteiger partial charge on any atom is -0.488 e. The van der Waals surface area contributed by atoms with Gasteiger partial charge in [0.2, 0.25) is 0 Å². The van der Waals surface area contributed by atoms with Crippen LogP contribution in [-0.2, 0) is 22.6 Å². The van der Waals surface area contributed by atoms with Gasteiger partial charge in [-0.25, -0.2) is 0 Å². The molecule has 0 aromatic heterocycles. The lowest BCUT2D eigenvalue weighted by Crippen LogP contribution is -2.29. The fraction of sp³-hybridized carbons (Fsp3) is 0.231. The molecule has 6 nitrogen and oxygen atoms in total. The Morgan fingerprint density at radius 3 is 2.42 bits per heavy atom. The number of hydrogen-bond donors (Lipinski definition) is 1. The van der Waals surface area contributed by atoms with Crippen molar-refractivity contribution in [2.75, 3.05) is 18.1 Å². The maximum atomic E-state index is 13.5. The smallest absolute Gasteiger partial charge is 0.310 e. The van der Waals surface area contributed by atoms with Crippen molar-refractivity contribution >= 4 is 29.2 Å². The van der Waals surface area contributed by atoms with E-state index in [0.717, 1.165) is 11.1 Å². The van der Waals surface area contributed by atoms with Gasteiger partial charge in [0.05, 0.1) is 31.2 Å². The first-order chi connectivity index (χ1) is 16.0. The van der Waals surface area contributed by atoms with Crippen LogP contribution in [-0.4, -0.2) is 30.2 Å². The Morgan fingerprint density at radius 1 is 1.03 bits per heavy atom. The van der Waals surface area contributed by atoms with Crippen LogP contribution >= 0.6 is 11.6 Å². The molecule has 1 unspecified atom stereocenters. The normalized spacial score (nSPS) is 14.8. The Hall–Kier alpha value is -3.35. The first kappa shape index (κ1) is 22.8. The maximum absolute atomic E-state index is 13.5. The summed E-state index contributed by atoms with van der Waals surface area (Å²) in [5.41, 5.74) is 3.23. The summed E-state index contributed by atoms with van der Waals surface area (Å²) in [4.78, 5) is 26.8. The number of ether oxygens (including phenoxy) is 2. The lowest BCUT2D eigenvalue weighted by Gasteiger charge is -2.24. The first-order valence-electron chi connectivity index (χ1n) is 10.7. The predicted molar refractivity (Wildman–Crippen MR) is 126 cm³/mol. The molecule has 0 radical (unpaired) electrons. The predicted octanol–water partition coefficient (Wildman–Crippen LogP) is 4.72. The highest BCUT2D eigenvalue weighted by Gasteiger charge is 2.41. The molecule has 0 saturated heterocycles. The second kappa shape index (κ2) is 10.1. The molecule has 3 aromatic rings. The van der Waals surface area contributed by atoms with E-state index in [1.165, 1.54) is 4.90 Å². The number of anilines is 1. The average Bonchev–Trinajstić information content (AvgIpc) is 3.13. The van der Waals surface area contributed by atoms with Crippen LogP contribution < -0.4 is 9.64 Å². The summed E-state index contributed by atoms with van der Waals surface area (Å²) in [6, 6.07) is 19.4. The Balaban J connectivity index is 1.62. The molecular formula is C26H24ClNO5. The quantitative estimate of drug-likeness (QED) is 0.487. The van der Waals surface area contributed by atoms with Crippen molar-refractivity contribution in [3.8, 4) is 5.75 Å². The summed E-state index contributed by atoms with van der Waals surface area (Å²) in [6.07, 6.45) is 0.148. The van der Waals surface area contributed by atoms with Crippen LogP contribution in [0.15, 0.2) is 66.7 Å². The Bertz CT molecular complexity index is 1150. The second-order valence-electron chi connectivity index (χ2n) is 7.63. The number of carbonyl (C=O) groups is 2. The van der Waals surface area contributed by atoms with Gasteiger partial charge in [-0.3, -0.25) is 14.5 Å². The lowest BCUT2D eigenvalue weighted by molar-refractivity contribution is -0.142. The van der Waals surface area contributed by atoms with Gasteiger partial charge < -0.3 is 14.6 Å². The number of rotatable bonds is 8. The molecular weight excluding hydrogens is 442 g/mol. The number of amides is 1. The van der Waals surface area contributed by atoms with E-state index in [2.05, 4.69) is 0 Å². The van der Waals surface area contributed by atoms with Crippen LogP contribution in [0.4, 0.5) is 5.69 Å².